The Morgan fingerprint density at radius 2 is 2.03 bits per heavy atom. The highest BCUT2D eigenvalue weighted by Crippen LogP contribution is 2.41. The zero-order valence-electron chi connectivity index (χ0n) is 17.3. The van der Waals surface area contributed by atoms with Crippen LogP contribution in [0.1, 0.15) is 54.4 Å². The molecule has 2 aliphatic rings. The van der Waals surface area contributed by atoms with Crippen LogP contribution in [0.4, 0.5) is 5.82 Å². The van der Waals surface area contributed by atoms with Gasteiger partial charge in [0.2, 0.25) is 11.6 Å². The van der Waals surface area contributed by atoms with Crippen LogP contribution in [0.2, 0.25) is 0 Å². The lowest BCUT2D eigenvalue weighted by atomic mass is 10.1. The second-order valence-electron chi connectivity index (χ2n) is 8.34. The van der Waals surface area contributed by atoms with Gasteiger partial charge in [0.25, 0.3) is 5.91 Å². The normalized spacial score (nSPS) is 17.0. The summed E-state index contributed by atoms with van der Waals surface area (Å²) in [6.45, 7) is 4.33. The first-order valence-electron chi connectivity index (χ1n) is 10.2. The number of aromatic nitrogens is 4. The van der Waals surface area contributed by atoms with E-state index in [1.807, 2.05) is 4.90 Å². The third-order valence-corrected chi connectivity index (χ3v) is 5.79. The minimum Gasteiger partial charge on any atom is -0.481 e. The van der Waals surface area contributed by atoms with E-state index in [2.05, 4.69) is 32.2 Å². The molecule has 2 aliphatic carbocycles. The molecule has 9 heteroatoms. The van der Waals surface area contributed by atoms with Gasteiger partial charge in [0.05, 0.1) is 30.3 Å². The maximum absolute atomic E-state index is 13.7. The van der Waals surface area contributed by atoms with Crippen molar-refractivity contribution in [1.29, 1.82) is 0 Å². The summed E-state index contributed by atoms with van der Waals surface area (Å²) in [5.41, 5.74) is 1.69. The molecule has 0 unspecified atom stereocenters. The van der Waals surface area contributed by atoms with Crippen LogP contribution in [0.15, 0.2) is 23.1 Å². The number of rotatable bonds is 7. The number of nitrogens with zero attached hydrogens (tertiary/aromatic N) is 5. The van der Waals surface area contributed by atoms with Gasteiger partial charge >= 0.3 is 0 Å². The summed E-state index contributed by atoms with van der Waals surface area (Å²) >= 11 is 0. The average molecular weight is 408 g/mol. The van der Waals surface area contributed by atoms with E-state index in [1.54, 1.807) is 20.1 Å². The predicted octanol–water partition coefficient (Wildman–Crippen LogP) is 3.10. The van der Waals surface area contributed by atoms with Crippen molar-refractivity contribution in [3.8, 4) is 5.88 Å². The lowest BCUT2D eigenvalue weighted by Crippen LogP contribution is -2.33. The smallest absolute Gasteiger partial charge is 0.258 e. The van der Waals surface area contributed by atoms with Gasteiger partial charge in [-0.1, -0.05) is 0 Å². The highest BCUT2D eigenvalue weighted by Gasteiger charge is 2.40. The van der Waals surface area contributed by atoms with Crippen molar-refractivity contribution in [2.45, 2.75) is 57.7 Å². The van der Waals surface area contributed by atoms with Crippen molar-refractivity contribution in [1.82, 2.24) is 24.8 Å². The molecule has 0 radical (unpaired) electrons. The number of hydrogen-bond acceptors (Lipinski definition) is 8. The fourth-order valence-electron chi connectivity index (χ4n) is 3.64. The van der Waals surface area contributed by atoms with Gasteiger partial charge in [-0.2, -0.15) is 0 Å². The standard InChI is InChI=1S/C21H24N6O3/c1-12-16(17-18(26-21(2)6-7-21)24-11-25-19(17)30-12)20(28)27(14-4-5-14)9-13-8-15(29-3)23-10-22-13/h8,10-11,14H,4-7,9H2,1-3H3,(H,24,25,26). The van der Waals surface area contributed by atoms with Crippen LogP contribution >= 0.6 is 0 Å². The maximum Gasteiger partial charge on any atom is 0.258 e. The number of nitrogens with one attached hydrogen (secondary N) is 1. The molecule has 2 saturated carbocycles. The van der Waals surface area contributed by atoms with Gasteiger partial charge in [0.1, 0.15) is 24.2 Å². The van der Waals surface area contributed by atoms with Gasteiger partial charge in [0, 0.05) is 17.6 Å². The number of anilines is 1. The van der Waals surface area contributed by atoms with E-state index >= 15 is 0 Å². The van der Waals surface area contributed by atoms with Gasteiger partial charge in [-0.3, -0.25) is 4.79 Å². The predicted molar refractivity (Wildman–Crippen MR) is 109 cm³/mol. The highest BCUT2D eigenvalue weighted by atomic mass is 16.5. The Morgan fingerprint density at radius 3 is 2.73 bits per heavy atom. The third-order valence-electron chi connectivity index (χ3n) is 5.79. The Kier molecular flexibility index (Phi) is 4.34. The molecule has 156 valence electrons. The molecule has 3 aromatic rings. The minimum absolute atomic E-state index is 0.0144. The molecule has 9 nitrogen and oxygen atoms in total. The Hall–Kier alpha value is -3.23. The number of methoxy groups -OCH3 is 1. The van der Waals surface area contributed by atoms with Gasteiger partial charge in [-0.25, -0.2) is 19.9 Å². The summed E-state index contributed by atoms with van der Waals surface area (Å²) < 4.78 is 11.0. The summed E-state index contributed by atoms with van der Waals surface area (Å²) in [6, 6.07) is 1.94. The maximum atomic E-state index is 13.7. The molecular weight excluding hydrogens is 384 g/mol. The molecule has 1 N–H and O–H groups in total. The van der Waals surface area contributed by atoms with Crippen molar-refractivity contribution in [3.05, 3.63) is 35.7 Å². The van der Waals surface area contributed by atoms with Crippen molar-refractivity contribution < 1.29 is 13.9 Å². The molecule has 3 heterocycles. The van der Waals surface area contributed by atoms with E-state index in [0.29, 0.717) is 40.7 Å². The van der Waals surface area contributed by atoms with Crippen molar-refractivity contribution in [3.63, 3.8) is 0 Å². The van der Waals surface area contributed by atoms with Crippen LogP contribution in [-0.4, -0.2) is 49.4 Å². The summed E-state index contributed by atoms with van der Waals surface area (Å²) in [6.07, 6.45) is 7.02. The summed E-state index contributed by atoms with van der Waals surface area (Å²) in [5.74, 6) is 1.58. The topological polar surface area (TPSA) is 106 Å². The van der Waals surface area contributed by atoms with E-state index < -0.39 is 0 Å². The average Bonchev–Trinajstić information content (AvgIpc) is 3.66. The van der Waals surface area contributed by atoms with Crippen molar-refractivity contribution >= 4 is 22.8 Å². The fourth-order valence-corrected chi connectivity index (χ4v) is 3.64. The van der Waals surface area contributed by atoms with E-state index in [9.17, 15) is 4.79 Å². The van der Waals surface area contributed by atoms with Crippen LogP contribution in [0.25, 0.3) is 11.1 Å². The quantitative estimate of drug-likeness (QED) is 0.636. The van der Waals surface area contributed by atoms with Crippen LogP contribution < -0.4 is 10.1 Å². The van der Waals surface area contributed by atoms with E-state index in [1.165, 1.54) is 12.7 Å². The number of amides is 1. The second kappa shape index (κ2) is 6.93. The number of fused-ring (bicyclic) bond motifs is 1. The zero-order valence-corrected chi connectivity index (χ0v) is 17.3. The second-order valence-corrected chi connectivity index (χ2v) is 8.34. The number of hydrogen-bond donors (Lipinski definition) is 1. The van der Waals surface area contributed by atoms with Crippen LogP contribution in [-0.2, 0) is 6.54 Å². The zero-order chi connectivity index (χ0) is 20.9. The Morgan fingerprint density at radius 1 is 1.27 bits per heavy atom. The molecule has 0 spiro atoms. The summed E-state index contributed by atoms with van der Waals surface area (Å²) in [7, 11) is 1.56. The molecule has 5 rings (SSSR count). The van der Waals surface area contributed by atoms with E-state index in [-0.39, 0.29) is 17.5 Å². The van der Waals surface area contributed by atoms with Crippen molar-refractivity contribution in [2.75, 3.05) is 12.4 Å². The molecule has 0 aromatic carbocycles. The summed E-state index contributed by atoms with van der Waals surface area (Å²) in [4.78, 5) is 32.6. The van der Waals surface area contributed by atoms with Gasteiger partial charge in [-0.15, -0.1) is 0 Å². The monoisotopic (exact) mass is 408 g/mol. The lowest BCUT2D eigenvalue weighted by molar-refractivity contribution is 0.0727. The SMILES string of the molecule is COc1cc(CN(C(=O)c2c(C)oc3ncnc(NC4(C)CC4)c23)C2CC2)ncn1. The molecule has 0 bridgehead atoms. The lowest BCUT2D eigenvalue weighted by Gasteiger charge is -2.22. The Bertz CT molecular complexity index is 1120. The molecular formula is C21H24N6O3. The molecule has 0 aliphatic heterocycles. The number of furan rings is 1. The fraction of sp³-hybridized carbons (Fsp3) is 0.476. The molecule has 2 fully saturated rings. The van der Waals surface area contributed by atoms with Crippen LogP contribution in [0, 0.1) is 6.92 Å². The van der Waals surface area contributed by atoms with Crippen LogP contribution in [0.3, 0.4) is 0 Å². The van der Waals surface area contributed by atoms with E-state index in [0.717, 1.165) is 31.4 Å². The Balaban J connectivity index is 1.52. The molecule has 1 amide bonds. The highest BCUT2D eigenvalue weighted by molar-refractivity contribution is 6.10. The van der Waals surface area contributed by atoms with E-state index in [4.69, 9.17) is 9.15 Å². The third kappa shape index (κ3) is 3.44. The molecule has 3 aromatic heterocycles. The van der Waals surface area contributed by atoms with Gasteiger partial charge < -0.3 is 19.4 Å². The van der Waals surface area contributed by atoms with Crippen LogP contribution in [0.5, 0.6) is 5.88 Å². The first-order chi connectivity index (χ1) is 14.5. The van der Waals surface area contributed by atoms with Crippen molar-refractivity contribution in [2.24, 2.45) is 0 Å². The largest absolute Gasteiger partial charge is 0.481 e. The number of carbonyl (C=O) groups excluding carboxylic acids is 1. The summed E-state index contributed by atoms with van der Waals surface area (Å²) in [5, 5.41) is 4.13. The van der Waals surface area contributed by atoms with Gasteiger partial charge in [-0.05, 0) is 39.5 Å². The number of carbonyl (C=O) groups is 1. The molecule has 0 saturated heterocycles. The minimum atomic E-state index is -0.0925. The first kappa shape index (κ1) is 18.8. The number of aryl methyl sites for hydroxylation is 1. The van der Waals surface area contributed by atoms with Gasteiger partial charge in [0.15, 0.2) is 0 Å². The number of ether oxygens (including phenoxy) is 1. The first-order valence-corrected chi connectivity index (χ1v) is 10.2. The Labute approximate surface area is 173 Å². The molecule has 0 atom stereocenters. The molecule has 30 heavy (non-hydrogen) atoms.